The summed E-state index contributed by atoms with van der Waals surface area (Å²) in [7, 11) is 0. The van der Waals surface area contributed by atoms with E-state index in [1.807, 2.05) is 55.5 Å². The summed E-state index contributed by atoms with van der Waals surface area (Å²) >= 11 is 1.22. The van der Waals surface area contributed by atoms with E-state index in [0.29, 0.717) is 29.1 Å². The van der Waals surface area contributed by atoms with Crippen LogP contribution in [-0.4, -0.2) is 39.7 Å². The topological polar surface area (TPSA) is 104 Å². The molecule has 0 atom stereocenters. The van der Waals surface area contributed by atoms with Gasteiger partial charge in [-0.15, -0.1) is 5.10 Å². The number of carbonyl (C=O) groups is 1. The number of hydrogen-bond donors (Lipinski definition) is 3. The lowest BCUT2D eigenvalue weighted by atomic mass is 10.2. The van der Waals surface area contributed by atoms with Crippen molar-refractivity contribution in [1.29, 1.82) is 0 Å². The highest BCUT2D eigenvalue weighted by molar-refractivity contribution is 7.99. The number of thioether (sulfide) groups is 1. The molecule has 2 aromatic carbocycles. The molecule has 1 aromatic heterocycles. The molecule has 1 heterocycles. The van der Waals surface area contributed by atoms with Crippen LogP contribution in [0.4, 0.5) is 11.6 Å². The highest BCUT2D eigenvalue weighted by Gasteiger charge is 2.08. The van der Waals surface area contributed by atoms with Crippen molar-refractivity contribution in [2.45, 2.75) is 12.1 Å². The number of hydrogen-bond acceptors (Lipinski definition) is 7. The van der Waals surface area contributed by atoms with Crippen molar-refractivity contribution in [3.63, 3.8) is 0 Å². The summed E-state index contributed by atoms with van der Waals surface area (Å²) in [4.78, 5) is 16.3. The smallest absolute Gasteiger partial charge is 0.240 e. The van der Waals surface area contributed by atoms with Gasteiger partial charge in [0, 0.05) is 11.8 Å². The second kappa shape index (κ2) is 10.1. The zero-order valence-corrected chi connectivity index (χ0v) is 16.1. The van der Waals surface area contributed by atoms with Gasteiger partial charge in [0.1, 0.15) is 5.75 Å². The first-order valence-corrected chi connectivity index (χ1v) is 9.63. The van der Waals surface area contributed by atoms with E-state index in [1.165, 1.54) is 11.8 Å². The van der Waals surface area contributed by atoms with Gasteiger partial charge in [-0.2, -0.15) is 10.1 Å². The molecule has 3 aromatic rings. The van der Waals surface area contributed by atoms with E-state index in [9.17, 15) is 4.79 Å². The van der Waals surface area contributed by atoms with Crippen molar-refractivity contribution in [2.24, 2.45) is 5.10 Å². The Labute approximate surface area is 166 Å². The Morgan fingerprint density at radius 1 is 1.25 bits per heavy atom. The molecule has 0 fully saturated rings. The van der Waals surface area contributed by atoms with E-state index < -0.39 is 0 Å². The first kappa shape index (κ1) is 19.4. The van der Waals surface area contributed by atoms with Gasteiger partial charge in [-0.25, -0.2) is 10.5 Å². The van der Waals surface area contributed by atoms with Gasteiger partial charge in [-0.3, -0.25) is 4.79 Å². The fraction of sp³-hybridized carbons (Fsp3) is 0.158. The second-order valence-electron chi connectivity index (χ2n) is 5.54. The molecule has 3 N–H and O–H groups in total. The van der Waals surface area contributed by atoms with Gasteiger partial charge in [-0.1, -0.05) is 48.2 Å². The number of anilines is 2. The fourth-order valence-corrected chi connectivity index (χ4v) is 2.82. The lowest BCUT2D eigenvalue weighted by molar-refractivity contribution is -0.113. The summed E-state index contributed by atoms with van der Waals surface area (Å²) in [5, 5.41) is 14.2. The van der Waals surface area contributed by atoms with Gasteiger partial charge >= 0.3 is 0 Å². The molecule has 9 heteroatoms. The van der Waals surface area contributed by atoms with E-state index in [-0.39, 0.29) is 11.7 Å². The number of carbonyl (C=O) groups excluding carboxylic acids is 1. The van der Waals surface area contributed by atoms with E-state index in [1.54, 1.807) is 12.3 Å². The van der Waals surface area contributed by atoms with E-state index in [2.05, 4.69) is 31.0 Å². The number of aromatic nitrogens is 3. The summed E-state index contributed by atoms with van der Waals surface area (Å²) in [6, 6.07) is 17.0. The number of aromatic amines is 1. The van der Waals surface area contributed by atoms with Crippen molar-refractivity contribution in [3.8, 4) is 5.75 Å². The quantitative estimate of drug-likeness (QED) is 0.291. The van der Waals surface area contributed by atoms with Crippen molar-refractivity contribution in [3.05, 3.63) is 60.2 Å². The molecule has 1 amide bonds. The number of rotatable bonds is 9. The maximum atomic E-state index is 12.1. The number of nitrogens with one attached hydrogen (secondary N) is 3. The first-order valence-electron chi connectivity index (χ1n) is 8.65. The number of amides is 1. The van der Waals surface area contributed by atoms with Gasteiger partial charge in [0.15, 0.2) is 0 Å². The number of H-pyrrole nitrogens is 1. The molecule has 0 saturated heterocycles. The van der Waals surface area contributed by atoms with Gasteiger partial charge in [0.2, 0.25) is 17.0 Å². The Balaban J connectivity index is 1.45. The molecule has 144 valence electrons. The molecule has 0 spiro atoms. The number of nitrogens with zero attached hydrogens (tertiary/aromatic N) is 3. The summed E-state index contributed by atoms with van der Waals surface area (Å²) in [5.74, 6) is 1.15. The lowest BCUT2D eigenvalue weighted by Gasteiger charge is -2.07. The van der Waals surface area contributed by atoms with Crippen LogP contribution in [0.3, 0.4) is 0 Å². The first-order chi connectivity index (χ1) is 13.7. The maximum absolute atomic E-state index is 12.1. The van der Waals surface area contributed by atoms with Crippen LogP contribution < -0.4 is 15.5 Å². The summed E-state index contributed by atoms with van der Waals surface area (Å²) in [6.45, 7) is 2.48. The zero-order valence-electron chi connectivity index (χ0n) is 15.3. The highest BCUT2D eigenvalue weighted by Crippen LogP contribution is 2.19. The van der Waals surface area contributed by atoms with Crippen molar-refractivity contribution in [2.75, 3.05) is 23.1 Å². The van der Waals surface area contributed by atoms with Crippen LogP contribution in [0.25, 0.3) is 0 Å². The zero-order chi connectivity index (χ0) is 19.6. The summed E-state index contributed by atoms with van der Waals surface area (Å²) in [6.07, 6.45) is 1.68. The highest BCUT2D eigenvalue weighted by atomic mass is 32.2. The van der Waals surface area contributed by atoms with Crippen molar-refractivity contribution in [1.82, 2.24) is 15.2 Å². The minimum Gasteiger partial charge on any atom is -0.494 e. The van der Waals surface area contributed by atoms with Crippen molar-refractivity contribution >= 4 is 35.5 Å². The Bertz CT molecular complexity index is 929. The van der Waals surface area contributed by atoms with Crippen LogP contribution in [0.15, 0.2) is 64.9 Å². The van der Waals surface area contributed by atoms with Gasteiger partial charge < -0.3 is 10.1 Å². The van der Waals surface area contributed by atoms with Crippen LogP contribution in [0, 0.1) is 0 Å². The molecule has 0 aliphatic rings. The molecular formula is C19H20N6O2S. The second-order valence-corrected chi connectivity index (χ2v) is 6.49. The van der Waals surface area contributed by atoms with Crippen molar-refractivity contribution < 1.29 is 9.53 Å². The third-order valence-corrected chi connectivity index (χ3v) is 4.26. The molecule has 3 rings (SSSR count). The molecule has 0 aliphatic heterocycles. The molecule has 0 bridgehead atoms. The van der Waals surface area contributed by atoms with Gasteiger partial charge in [-0.05, 0) is 24.6 Å². The van der Waals surface area contributed by atoms with Crippen LogP contribution in [-0.2, 0) is 4.79 Å². The van der Waals surface area contributed by atoms with E-state index >= 15 is 0 Å². The normalized spacial score (nSPS) is 10.8. The fourth-order valence-electron chi connectivity index (χ4n) is 2.23. The number of ether oxygens (including phenoxy) is 1. The van der Waals surface area contributed by atoms with Gasteiger partial charge in [0.25, 0.3) is 0 Å². The minimum absolute atomic E-state index is 0.153. The molecule has 28 heavy (non-hydrogen) atoms. The third kappa shape index (κ3) is 6.13. The van der Waals surface area contributed by atoms with Crippen LogP contribution in [0.1, 0.15) is 12.5 Å². The van der Waals surface area contributed by atoms with E-state index in [0.717, 1.165) is 5.56 Å². The van der Waals surface area contributed by atoms with E-state index in [4.69, 9.17) is 4.74 Å². The molecule has 8 nitrogen and oxygen atoms in total. The SMILES string of the molecule is CCOc1cccc(NC(=O)CSc2n[nH]c(N/N=C\c3ccccc3)n2)c1. The van der Waals surface area contributed by atoms with Crippen LogP contribution in [0.2, 0.25) is 0 Å². The largest absolute Gasteiger partial charge is 0.494 e. The monoisotopic (exact) mass is 396 g/mol. The molecule has 0 radical (unpaired) electrons. The molecular weight excluding hydrogens is 376 g/mol. The van der Waals surface area contributed by atoms with Gasteiger partial charge in [0.05, 0.1) is 18.6 Å². The molecule has 0 unspecified atom stereocenters. The van der Waals surface area contributed by atoms with Crippen LogP contribution >= 0.6 is 11.8 Å². The minimum atomic E-state index is -0.153. The predicted octanol–water partition coefficient (Wildman–Crippen LogP) is 3.38. The Morgan fingerprint density at radius 2 is 2.11 bits per heavy atom. The average Bonchev–Trinajstić information content (AvgIpc) is 3.16. The Morgan fingerprint density at radius 3 is 2.93 bits per heavy atom. The molecule has 0 aliphatic carbocycles. The molecule has 0 saturated carbocycles. The Hall–Kier alpha value is -3.33. The predicted molar refractivity (Wildman–Crippen MR) is 111 cm³/mol. The summed E-state index contributed by atoms with van der Waals surface area (Å²) in [5.41, 5.74) is 4.42. The summed E-state index contributed by atoms with van der Waals surface area (Å²) < 4.78 is 5.42. The average molecular weight is 396 g/mol. The Kier molecular flexibility index (Phi) is 7.02. The maximum Gasteiger partial charge on any atom is 0.240 e. The van der Waals surface area contributed by atoms with Crippen LogP contribution in [0.5, 0.6) is 5.75 Å². The third-order valence-electron chi connectivity index (χ3n) is 3.41. The number of benzene rings is 2. The standard InChI is InChI=1S/C19H20N6O2S/c1-2-27-16-10-6-9-15(11-16)21-17(26)13-28-19-22-18(24-25-19)23-20-12-14-7-4-3-5-8-14/h3-12H,2,13H2,1H3,(H,21,26)(H2,22,23,24,25)/b20-12-. The lowest BCUT2D eigenvalue weighted by Crippen LogP contribution is -2.14. The number of hydrazone groups is 1.